The second kappa shape index (κ2) is 7.11. The largest absolute Gasteiger partial charge is 0.496 e. The monoisotopic (exact) mass is 332 g/mol. The molecule has 6 nitrogen and oxygen atoms in total. The van der Waals surface area contributed by atoms with Crippen molar-refractivity contribution in [3.63, 3.8) is 0 Å². The number of hydrogen-bond donors (Lipinski definition) is 0. The van der Waals surface area contributed by atoms with E-state index < -0.39 is 0 Å². The molecule has 1 aliphatic carbocycles. The van der Waals surface area contributed by atoms with Crippen LogP contribution in [0.25, 0.3) is 0 Å². The third kappa shape index (κ3) is 3.05. The van der Waals surface area contributed by atoms with Crippen LogP contribution in [0.4, 0.5) is 0 Å². The Kier molecular flexibility index (Phi) is 4.92. The van der Waals surface area contributed by atoms with Gasteiger partial charge in [-0.25, -0.2) is 0 Å². The molecule has 0 bridgehead atoms. The number of nitrogens with zero attached hydrogens (tertiary/aromatic N) is 2. The Morgan fingerprint density at radius 3 is 1.96 bits per heavy atom. The summed E-state index contributed by atoms with van der Waals surface area (Å²) in [5.74, 6) is 1.37. The highest BCUT2D eigenvalue weighted by Gasteiger charge is 2.33. The van der Waals surface area contributed by atoms with Gasteiger partial charge in [0, 0.05) is 32.1 Å². The minimum Gasteiger partial charge on any atom is -0.496 e. The first-order chi connectivity index (χ1) is 11.7. The van der Waals surface area contributed by atoms with Crippen LogP contribution in [0, 0.1) is 5.92 Å². The lowest BCUT2D eigenvalue weighted by molar-refractivity contribution is -0.139. The van der Waals surface area contributed by atoms with E-state index in [9.17, 15) is 9.59 Å². The van der Waals surface area contributed by atoms with Crippen LogP contribution < -0.4 is 9.47 Å². The molecule has 2 fully saturated rings. The third-order valence-corrected chi connectivity index (χ3v) is 4.97. The van der Waals surface area contributed by atoms with E-state index in [2.05, 4.69) is 0 Å². The van der Waals surface area contributed by atoms with Gasteiger partial charge < -0.3 is 19.3 Å². The highest BCUT2D eigenvalue weighted by atomic mass is 16.5. The maximum atomic E-state index is 12.9. The smallest absolute Gasteiger partial charge is 0.261 e. The number of rotatable bonds is 4. The zero-order valence-corrected chi connectivity index (χ0v) is 14.3. The van der Waals surface area contributed by atoms with Gasteiger partial charge in [0.15, 0.2) is 0 Å². The van der Waals surface area contributed by atoms with E-state index in [1.807, 2.05) is 4.90 Å². The van der Waals surface area contributed by atoms with Crippen LogP contribution in [0.5, 0.6) is 11.5 Å². The van der Waals surface area contributed by atoms with Gasteiger partial charge in [0.05, 0.1) is 14.2 Å². The number of hydrogen-bond acceptors (Lipinski definition) is 4. The zero-order chi connectivity index (χ0) is 17.1. The Morgan fingerprint density at radius 1 is 0.958 bits per heavy atom. The molecule has 1 heterocycles. The molecule has 1 aliphatic heterocycles. The minimum atomic E-state index is -0.111. The van der Waals surface area contributed by atoms with Crippen LogP contribution in [0.15, 0.2) is 18.2 Å². The van der Waals surface area contributed by atoms with Gasteiger partial charge in [-0.3, -0.25) is 9.59 Å². The first kappa shape index (κ1) is 16.6. The number of benzene rings is 1. The summed E-state index contributed by atoms with van der Waals surface area (Å²) in [6.45, 7) is 2.27. The molecular weight excluding hydrogens is 308 g/mol. The van der Waals surface area contributed by atoms with E-state index in [1.165, 1.54) is 0 Å². The van der Waals surface area contributed by atoms with Crippen molar-refractivity contribution in [3.05, 3.63) is 23.8 Å². The lowest BCUT2D eigenvalue weighted by Gasteiger charge is -2.38. The van der Waals surface area contributed by atoms with Gasteiger partial charge in [-0.05, 0) is 25.0 Å². The SMILES string of the molecule is COc1cccc(OC)c1C(=O)N1CCN(C(=O)C2CCC2)CC1. The summed E-state index contributed by atoms with van der Waals surface area (Å²) in [4.78, 5) is 28.9. The molecule has 0 spiro atoms. The summed E-state index contributed by atoms with van der Waals surface area (Å²) >= 11 is 0. The second-order valence-corrected chi connectivity index (χ2v) is 6.28. The number of methoxy groups -OCH3 is 2. The maximum absolute atomic E-state index is 12.9. The average molecular weight is 332 g/mol. The maximum Gasteiger partial charge on any atom is 0.261 e. The molecular formula is C18H24N2O4. The highest BCUT2D eigenvalue weighted by molar-refractivity contribution is 6.00. The fraction of sp³-hybridized carbons (Fsp3) is 0.556. The van der Waals surface area contributed by atoms with Crippen LogP contribution in [0.2, 0.25) is 0 Å². The molecule has 1 aromatic rings. The first-order valence-electron chi connectivity index (χ1n) is 8.44. The van der Waals surface area contributed by atoms with Gasteiger partial charge in [-0.2, -0.15) is 0 Å². The second-order valence-electron chi connectivity index (χ2n) is 6.28. The van der Waals surface area contributed by atoms with E-state index in [-0.39, 0.29) is 17.7 Å². The Balaban J connectivity index is 1.68. The minimum absolute atomic E-state index is 0.111. The quantitative estimate of drug-likeness (QED) is 0.843. The molecule has 0 N–H and O–H groups in total. The van der Waals surface area contributed by atoms with Crippen LogP contribution >= 0.6 is 0 Å². The van der Waals surface area contributed by atoms with Gasteiger partial charge >= 0.3 is 0 Å². The molecule has 0 unspecified atom stereocenters. The van der Waals surface area contributed by atoms with Crippen molar-refractivity contribution in [2.45, 2.75) is 19.3 Å². The van der Waals surface area contributed by atoms with Gasteiger partial charge in [-0.15, -0.1) is 0 Å². The van der Waals surface area contributed by atoms with E-state index in [1.54, 1.807) is 37.3 Å². The summed E-state index contributed by atoms with van der Waals surface area (Å²) in [5, 5.41) is 0. The van der Waals surface area contributed by atoms with Crippen molar-refractivity contribution in [2.75, 3.05) is 40.4 Å². The van der Waals surface area contributed by atoms with Crippen molar-refractivity contribution >= 4 is 11.8 Å². The molecule has 1 saturated heterocycles. The first-order valence-corrected chi connectivity index (χ1v) is 8.44. The van der Waals surface area contributed by atoms with E-state index in [0.717, 1.165) is 19.3 Å². The Labute approximate surface area is 142 Å². The standard InChI is InChI=1S/C18H24N2O4/c1-23-14-7-4-8-15(24-2)16(14)18(22)20-11-9-19(10-12-20)17(21)13-5-3-6-13/h4,7-8,13H,3,5-6,9-12H2,1-2H3. The summed E-state index contributed by atoms with van der Waals surface area (Å²) in [6, 6.07) is 5.31. The molecule has 1 saturated carbocycles. The summed E-state index contributed by atoms with van der Waals surface area (Å²) in [5.41, 5.74) is 0.446. The molecule has 24 heavy (non-hydrogen) atoms. The van der Waals surface area contributed by atoms with E-state index in [0.29, 0.717) is 43.2 Å². The number of carbonyl (C=O) groups is 2. The van der Waals surface area contributed by atoms with Crippen molar-refractivity contribution in [2.24, 2.45) is 5.92 Å². The van der Waals surface area contributed by atoms with Crippen molar-refractivity contribution in [1.29, 1.82) is 0 Å². The predicted octanol–water partition coefficient (Wildman–Crippen LogP) is 1.79. The lowest BCUT2D eigenvalue weighted by atomic mass is 9.84. The fourth-order valence-corrected chi connectivity index (χ4v) is 3.26. The van der Waals surface area contributed by atoms with E-state index in [4.69, 9.17) is 9.47 Å². The molecule has 0 radical (unpaired) electrons. The Morgan fingerprint density at radius 2 is 1.50 bits per heavy atom. The van der Waals surface area contributed by atoms with Gasteiger partial charge in [0.25, 0.3) is 5.91 Å². The van der Waals surface area contributed by atoms with Gasteiger partial charge in [-0.1, -0.05) is 12.5 Å². The molecule has 1 aromatic carbocycles. The molecule has 0 atom stereocenters. The van der Waals surface area contributed by atoms with Crippen LogP contribution in [0.3, 0.4) is 0 Å². The summed E-state index contributed by atoms with van der Waals surface area (Å²) in [7, 11) is 3.08. The van der Waals surface area contributed by atoms with Gasteiger partial charge in [0.2, 0.25) is 5.91 Å². The van der Waals surface area contributed by atoms with Crippen molar-refractivity contribution < 1.29 is 19.1 Å². The normalized spacial score (nSPS) is 18.1. The van der Waals surface area contributed by atoms with Crippen LogP contribution in [-0.2, 0) is 4.79 Å². The topological polar surface area (TPSA) is 59.1 Å². The van der Waals surface area contributed by atoms with E-state index >= 15 is 0 Å². The molecule has 0 aromatic heterocycles. The number of carbonyl (C=O) groups excluding carboxylic acids is 2. The number of piperazine rings is 1. The Hall–Kier alpha value is -2.24. The van der Waals surface area contributed by atoms with Gasteiger partial charge in [0.1, 0.15) is 17.1 Å². The van der Waals surface area contributed by atoms with Crippen LogP contribution in [-0.4, -0.2) is 62.0 Å². The molecule has 6 heteroatoms. The number of amides is 2. The highest BCUT2D eigenvalue weighted by Crippen LogP contribution is 2.31. The molecule has 3 rings (SSSR count). The zero-order valence-electron chi connectivity index (χ0n) is 14.3. The Bertz CT molecular complexity index is 597. The average Bonchev–Trinajstić information content (AvgIpc) is 2.58. The lowest BCUT2D eigenvalue weighted by Crippen LogP contribution is -2.52. The molecule has 2 amide bonds. The summed E-state index contributed by atoms with van der Waals surface area (Å²) < 4.78 is 10.6. The van der Waals surface area contributed by atoms with Crippen LogP contribution in [0.1, 0.15) is 29.6 Å². The molecule has 2 aliphatic rings. The molecule has 130 valence electrons. The van der Waals surface area contributed by atoms with Crippen molar-refractivity contribution in [3.8, 4) is 11.5 Å². The summed E-state index contributed by atoms with van der Waals surface area (Å²) in [6.07, 6.45) is 3.18. The number of ether oxygens (including phenoxy) is 2. The van der Waals surface area contributed by atoms with Crippen molar-refractivity contribution in [1.82, 2.24) is 9.80 Å². The fourth-order valence-electron chi connectivity index (χ4n) is 3.26. The third-order valence-electron chi connectivity index (χ3n) is 4.97. The predicted molar refractivity (Wildman–Crippen MR) is 89.4 cm³/mol.